The second kappa shape index (κ2) is 5.37. The van der Waals surface area contributed by atoms with E-state index in [-0.39, 0.29) is 0 Å². The van der Waals surface area contributed by atoms with E-state index in [1.165, 1.54) is 58.0 Å². The molecule has 0 saturated heterocycles. The highest BCUT2D eigenvalue weighted by Crippen LogP contribution is 2.44. The van der Waals surface area contributed by atoms with Gasteiger partial charge in [0, 0.05) is 24.7 Å². The van der Waals surface area contributed by atoms with Gasteiger partial charge in [0.15, 0.2) is 0 Å². The number of nitrogens with one attached hydrogen (secondary N) is 1. The highest BCUT2D eigenvalue weighted by atomic mass is 15.2. The number of hydrogen-bond acceptors (Lipinski definition) is 2. The van der Waals surface area contributed by atoms with Crippen LogP contribution in [0.2, 0.25) is 0 Å². The van der Waals surface area contributed by atoms with Gasteiger partial charge in [-0.25, -0.2) is 0 Å². The average molecular weight is 264 g/mol. The maximum atomic E-state index is 3.89. The van der Waals surface area contributed by atoms with Crippen LogP contribution < -0.4 is 5.32 Å². The van der Waals surface area contributed by atoms with Crippen LogP contribution in [0.1, 0.15) is 65.7 Å². The summed E-state index contributed by atoms with van der Waals surface area (Å²) in [7, 11) is 0. The van der Waals surface area contributed by atoms with E-state index < -0.39 is 0 Å². The monoisotopic (exact) mass is 264 g/mol. The Kier molecular flexibility index (Phi) is 3.92. The summed E-state index contributed by atoms with van der Waals surface area (Å²) in [5.41, 5.74) is 0.483. The quantitative estimate of drug-likeness (QED) is 0.758. The lowest BCUT2D eigenvalue weighted by atomic mass is 9.86. The molecule has 2 atom stereocenters. The topological polar surface area (TPSA) is 15.3 Å². The fourth-order valence-electron chi connectivity index (χ4n) is 3.99. The zero-order valence-corrected chi connectivity index (χ0v) is 13.1. The fourth-order valence-corrected chi connectivity index (χ4v) is 3.99. The van der Waals surface area contributed by atoms with Gasteiger partial charge in [0.1, 0.15) is 0 Å². The Labute approximate surface area is 119 Å². The van der Waals surface area contributed by atoms with E-state index in [1.54, 1.807) is 0 Å². The summed E-state index contributed by atoms with van der Waals surface area (Å²) >= 11 is 0. The van der Waals surface area contributed by atoms with Gasteiger partial charge in [0.2, 0.25) is 0 Å². The van der Waals surface area contributed by atoms with Crippen LogP contribution >= 0.6 is 0 Å². The molecule has 0 aromatic rings. The van der Waals surface area contributed by atoms with Crippen molar-refractivity contribution in [2.24, 2.45) is 11.3 Å². The van der Waals surface area contributed by atoms with E-state index in [4.69, 9.17) is 0 Å². The van der Waals surface area contributed by atoms with Gasteiger partial charge >= 0.3 is 0 Å². The van der Waals surface area contributed by atoms with Crippen molar-refractivity contribution >= 4 is 0 Å². The van der Waals surface area contributed by atoms with Crippen molar-refractivity contribution in [3.05, 3.63) is 0 Å². The molecular formula is C17H32N2. The molecular weight excluding hydrogens is 232 g/mol. The molecule has 0 spiro atoms. The number of rotatable bonds is 7. The van der Waals surface area contributed by atoms with Crippen LogP contribution in [0.4, 0.5) is 0 Å². The van der Waals surface area contributed by atoms with E-state index in [0.29, 0.717) is 11.5 Å². The summed E-state index contributed by atoms with van der Waals surface area (Å²) in [6, 6.07) is 2.46. The van der Waals surface area contributed by atoms with Crippen molar-refractivity contribution in [2.75, 3.05) is 13.1 Å². The van der Waals surface area contributed by atoms with Crippen LogP contribution in [0.25, 0.3) is 0 Å². The maximum absolute atomic E-state index is 3.89. The minimum Gasteiger partial charge on any atom is -0.312 e. The second-order valence-corrected chi connectivity index (χ2v) is 7.90. The average Bonchev–Trinajstić information content (AvgIpc) is 3.24. The lowest BCUT2D eigenvalue weighted by Crippen LogP contribution is -2.53. The third-order valence-electron chi connectivity index (χ3n) is 5.53. The Hall–Kier alpha value is -0.0800. The van der Waals surface area contributed by atoms with Crippen molar-refractivity contribution in [1.82, 2.24) is 10.2 Å². The largest absolute Gasteiger partial charge is 0.312 e. The van der Waals surface area contributed by atoms with Gasteiger partial charge in [0.05, 0.1) is 0 Å². The van der Waals surface area contributed by atoms with Crippen molar-refractivity contribution in [1.29, 1.82) is 0 Å². The minimum atomic E-state index is 0.483. The van der Waals surface area contributed by atoms with Gasteiger partial charge in [-0.15, -0.1) is 0 Å². The number of nitrogens with zero attached hydrogens (tertiary/aromatic N) is 1. The molecule has 2 heteroatoms. The normalized spacial score (nSPS) is 34.1. The van der Waals surface area contributed by atoms with E-state index in [0.717, 1.165) is 18.0 Å². The first kappa shape index (κ1) is 13.9. The molecule has 0 aromatic heterocycles. The summed E-state index contributed by atoms with van der Waals surface area (Å²) in [6.07, 6.45) is 9.98. The first-order valence-electron chi connectivity index (χ1n) is 8.61. The molecule has 19 heavy (non-hydrogen) atoms. The Morgan fingerprint density at radius 2 is 1.84 bits per heavy atom. The highest BCUT2D eigenvalue weighted by molar-refractivity contribution is 5.04. The van der Waals surface area contributed by atoms with Crippen LogP contribution in [0.3, 0.4) is 0 Å². The summed E-state index contributed by atoms with van der Waals surface area (Å²) in [5, 5.41) is 3.89. The molecule has 3 rings (SSSR count). The fraction of sp³-hybridized carbons (Fsp3) is 1.00. The third-order valence-corrected chi connectivity index (χ3v) is 5.53. The van der Waals surface area contributed by atoms with Crippen LogP contribution in [0, 0.1) is 11.3 Å². The zero-order chi connectivity index (χ0) is 13.5. The molecule has 0 bridgehead atoms. The van der Waals surface area contributed by atoms with Crippen LogP contribution in [0.15, 0.2) is 0 Å². The third kappa shape index (κ3) is 3.16. The van der Waals surface area contributed by atoms with Gasteiger partial charge < -0.3 is 5.32 Å². The SMILES string of the molecule is CCCNC1C(N(CC2CC2)C2CC2)CCC1(C)C. The predicted molar refractivity (Wildman–Crippen MR) is 81.3 cm³/mol. The lowest BCUT2D eigenvalue weighted by molar-refractivity contribution is 0.130. The van der Waals surface area contributed by atoms with Gasteiger partial charge in [-0.3, -0.25) is 4.90 Å². The molecule has 2 nitrogen and oxygen atoms in total. The Bertz CT molecular complexity index is 304. The number of hydrogen-bond donors (Lipinski definition) is 1. The summed E-state index contributed by atoms with van der Waals surface area (Å²) < 4.78 is 0. The molecule has 0 radical (unpaired) electrons. The van der Waals surface area contributed by atoms with Crippen LogP contribution in [0.5, 0.6) is 0 Å². The molecule has 110 valence electrons. The predicted octanol–water partition coefficient (Wildman–Crippen LogP) is 3.42. The Morgan fingerprint density at radius 1 is 1.11 bits per heavy atom. The summed E-state index contributed by atoms with van der Waals surface area (Å²) in [4.78, 5) is 2.92. The lowest BCUT2D eigenvalue weighted by Gasteiger charge is -2.38. The molecule has 0 aliphatic heterocycles. The summed E-state index contributed by atoms with van der Waals surface area (Å²) in [5.74, 6) is 1.04. The maximum Gasteiger partial charge on any atom is 0.0274 e. The first-order valence-corrected chi connectivity index (χ1v) is 8.61. The molecule has 1 N–H and O–H groups in total. The van der Waals surface area contributed by atoms with E-state index in [1.807, 2.05) is 0 Å². The Morgan fingerprint density at radius 3 is 2.42 bits per heavy atom. The first-order chi connectivity index (χ1) is 9.12. The molecule has 0 heterocycles. The van der Waals surface area contributed by atoms with Gasteiger partial charge in [-0.05, 0) is 62.8 Å². The highest BCUT2D eigenvalue weighted by Gasteiger charge is 2.48. The van der Waals surface area contributed by atoms with Gasteiger partial charge in [0.25, 0.3) is 0 Å². The van der Waals surface area contributed by atoms with Gasteiger partial charge in [-0.2, -0.15) is 0 Å². The van der Waals surface area contributed by atoms with Crippen molar-refractivity contribution < 1.29 is 0 Å². The van der Waals surface area contributed by atoms with Gasteiger partial charge in [-0.1, -0.05) is 20.8 Å². The molecule has 2 unspecified atom stereocenters. The molecule has 0 amide bonds. The second-order valence-electron chi connectivity index (χ2n) is 7.90. The molecule has 3 fully saturated rings. The minimum absolute atomic E-state index is 0.483. The summed E-state index contributed by atoms with van der Waals surface area (Å²) in [6.45, 7) is 9.82. The van der Waals surface area contributed by atoms with Crippen molar-refractivity contribution in [3.8, 4) is 0 Å². The molecule has 3 aliphatic rings. The van der Waals surface area contributed by atoms with Crippen molar-refractivity contribution in [2.45, 2.75) is 83.8 Å². The van der Waals surface area contributed by atoms with Crippen LogP contribution in [-0.4, -0.2) is 36.1 Å². The van der Waals surface area contributed by atoms with Crippen LogP contribution in [-0.2, 0) is 0 Å². The zero-order valence-electron chi connectivity index (χ0n) is 13.1. The Balaban J connectivity index is 1.68. The van der Waals surface area contributed by atoms with E-state index >= 15 is 0 Å². The standard InChI is InChI=1S/C17H32N2/c1-4-11-18-16-15(9-10-17(16,2)3)19(14-7-8-14)12-13-5-6-13/h13-16,18H,4-12H2,1-3H3. The van der Waals surface area contributed by atoms with Crippen molar-refractivity contribution in [3.63, 3.8) is 0 Å². The molecule has 3 aliphatic carbocycles. The van der Waals surface area contributed by atoms with E-state index in [2.05, 4.69) is 31.0 Å². The molecule has 3 saturated carbocycles. The van der Waals surface area contributed by atoms with E-state index in [9.17, 15) is 0 Å². The molecule has 0 aromatic carbocycles. The smallest absolute Gasteiger partial charge is 0.0274 e.